The van der Waals surface area contributed by atoms with E-state index in [0.29, 0.717) is 6.54 Å². The molecule has 0 aliphatic carbocycles. The number of nitrogens with one attached hydrogen (secondary N) is 1. The Morgan fingerprint density at radius 2 is 2.06 bits per heavy atom. The third-order valence-electron chi connectivity index (χ3n) is 2.43. The molecule has 0 atom stereocenters. The van der Waals surface area contributed by atoms with E-state index >= 15 is 0 Å². The summed E-state index contributed by atoms with van der Waals surface area (Å²) in [7, 11) is 1.61. The summed E-state index contributed by atoms with van der Waals surface area (Å²) in [6.07, 6.45) is 1.40. The fourth-order valence-corrected chi connectivity index (χ4v) is 1.62. The van der Waals surface area contributed by atoms with Crippen molar-refractivity contribution in [1.29, 1.82) is 0 Å². The second-order valence-electron chi connectivity index (χ2n) is 3.69. The zero-order chi connectivity index (χ0) is 13.0. The van der Waals surface area contributed by atoms with Gasteiger partial charge in [0.05, 0.1) is 12.1 Å². The van der Waals surface area contributed by atoms with E-state index in [2.05, 4.69) is 10.3 Å². The fraction of sp³-hybridized carbons (Fsp3) is 0.154. The van der Waals surface area contributed by atoms with E-state index in [9.17, 15) is 4.39 Å². The third kappa shape index (κ3) is 3.11. The highest BCUT2D eigenvalue weighted by Gasteiger charge is 2.04. The molecule has 3 nitrogen and oxygen atoms in total. The summed E-state index contributed by atoms with van der Waals surface area (Å²) >= 11 is 5.62. The SMILES string of the molecule is COc1ccc(CNc2ncc(Cl)cc2F)cc1. The summed E-state index contributed by atoms with van der Waals surface area (Å²) in [5.74, 6) is 0.515. The Kier molecular flexibility index (Phi) is 3.99. The molecule has 0 aliphatic rings. The Balaban J connectivity index is 2.02. The average molecular weight is 267 g/mol. The van der Waals surface area contributed by atoms with E-state index in [1.165, 1.54) is 12.3 Å². The van der Waals surface area contributed by atoms with Gasteiger partial charge in [-0.2, -0.15) is 0 Å². The Hall–Kier alpha value is -1.81. The normalized spacial score (nSPS) is 10.2. The van der Waals surface area contributed by atoms with Crippen LogP contribution < -0.4 is 10.1 Å². The van der Waals surface area contributed by atoms with Crippen molar-refractivity contribution in [3.8, 4) is 5.75 Å². The van der Waals surface area contributed by atoms with E-state index in [-0.39, 0.29) is 10.8 Å². The van der Waals surface area contributed by atoms with E-state index in [0.717, 1.165) is 11.3 Å². The van der Waals surface area contributed by atoms with Crippen LogP contribution in [0.1, 0.15) is 5.56 Å². The Morgan fingerprint density at radius 3 is 2.67 bits per heavy atom. The predicted octanol–water partition coefficient (Wildman–Crippen LogP) is 3.49. The zero-order valence-corrected chi connectivity index (χ0v) is 10.5. The number of nitrogens with zero attached hydrogens (tertiary/aromatic N) is 1. The number of anilines is 1. The number of aromatic nitrogens is 1. The molecule has 2 aromatic rings. The number of hydrogen-bond donors (Lipinski definition) is 1. The lowest BCUT2D eigenvalue weighted by molar-refractivity contribution is 0.414. The van der Waals surface area contributed by atoms with Gasteiger partial charge in [0.1, 0.15) is 5.75 Å². The van der Waals surface area contributed by atoms with Gasteiger partial charge in [0.15, 0.2) is 11.6 Å². The summed E-state index contributed by atoms with van der Waals surface area (Å²) in [5, 5.41) is 3.19. The lowest BCUT2D eigenvalue weighted by Gasteiger charge is -2.07. The standard InChI is InChI=1S/C13H12ClFN2O/c1-18-11-4-2-9(3-5-11)7-16-13-12(15)6-10(14)8-17-13/h2-6,8H,7H2,1H3,(H,16,17). The maximum absolute atomic E-state index is 13.4. The van der Waals surface area contributed by atoms with Gasteiger partial charge in [0, 0.05) is 12.7 Å². The van der Waals surface area contributed by atoms with E-state index in [4.69, 9.17) is 16.3 Å². The maximum atomic E-state index is 13.4. The van der Waals surface area contributed by atoms with Gasteiger partial charge in [-0.1, -0.05) is 23.7 Å². The van der Waals surface area contributed by atoms with E-state index < -0.39 is 5.82 Å². The molecular weight excluding hydrogens is 255 g/mol. The van der Waals surface area contributed by atoms with Crippen molar-refractivity contribution in [2.75, 3.05) is 12.4 Å². The minimum atomic E-state index is -0.462. The summed E-state index contributed by atoms with van der Waals surface area (Å²) in [6.45, 7) is 0.482. The number of methoxy groups -OCH3 is 1. The molecule has 18 heavy (non-hydrogen) atoms. The van der Waals surface area contributed by atoms with Crippen LogP contribution in [0.2, 0.25) is 5.02 Å². The number of hydrogen-bond acceptors (Lipinski definition) is 3. The molecule has 0 aliphatic heterocycles. The van der Waals surface area contributed by atoms with Gasteiger partial charge in [-0.25, -0.2) is 9.37 Å². The first kappa shape index (κ1) is 12.6. The number of ether oxygens (including phenoxy) is 1. The number of pyridine rings is 1. The van der Waals surface area contributed by atoms with E-state index in [1.54, 1.807) is 7.11 Å². The first-order valence-electron chi connectivity index (χ1n) is 5.37. The van der Waals surface area contributed by atoms with Crippen molar-refractivity contribution in [1.82, 2.24) is 4.98 Å². The van der Waals surface area contributed by atoms with Crippen LogP contribution in [-0.4, -0.2) is 12.1 Å². The quantitative estimate of drug-likeness (QED) is 0.920. The maximum Gasteiger partial charge on any atom is 0.166 e. The van der Waals surface area contributed by atoms with E-state index in [1.807, 2.05) is 24.3 Å². The number of benzene rings is 1. The fourth-order valence-electron chi connectivity index (χ4n) is 1.47. The van der Waals surface area contributed by atoms with Crippen LogP contribution in [0.3, 0.4) is 0 Å². The topological polar surface area (TPSA) is 34.1 Å². The monoisotopic (exact) mass is 266 g/mol. The summed E-state index contributed by atoms with van der Waals surface area (Å²) in [4.78, 5) is 3.88. The average Bonchev–Trinajstić information content (AvgIpc) is 2.38. The lowest BCUT2D eigenvalue weighted by atomic mass is 10.2. The van der Waals surface area contributed by atoms with Crippen molar-refractivity contribution in [2.45, 2.75) is 6.54 Å². The molecule has 0 radical (unpaired) electrons. The first-order valence-corrected chi connectivity index (χ1v) is 5.74. The molecule has 0 saturated carbocycles. The largest absolute Gasteiger partial charge is 0.497 e. The van der Waals surface area contributed by atoms with Crippen molar-refractivity contribution < 1.29 is 9.13 Å². The predicted molar refractivity (Wildman–Crippen MR) is 69.5 cm³/mol. The number of rotatable bonds is 4. The van der Waals surface area contributed by atoms with Crippen molar-refractivity contribution >= 4 is 17.4 Å². The molecule has 1 aromatic carbocycles. The highest BCUT2D eigenvalue weighted by Crippen LogP contribution is 2.17. The molecule has 1 N–H and O–H groups in total. The first-order chi connectivity index (χ1) is 8.69. The Bertz CT molecular complexity index is 531. The van der Waals surface area contributed by atoms with Crippen LogP contribution in [0.25, 0.3) is 0 Å². The second kappa shape index (κ2) is 5.69. The summed E-state index contributed by atoms with van der Waals surface area (Å²) in [6, 6.07) is 8.73. The van der Waals surface area contributed by atoms with Crippen molar-refractivity contribution in [2.24, 2.45) is 0 Å². The van der Waals surface area contributed by atoms with Crippen LogP contribution in [0.15, 0.2) is 36.5 Å². The molecule has 0 saturated heterocycles. The van der Waals surface area contributed by atoms with Gasteiger partial charge >= 0.3 is 0 Å². The molecule has 5 heteroatoms. The minimum absolute atomic E-state index is 0.190. The van der Waals surface area contributed by atoms with Crippen LogP contribution >= 0.6 is 11.6 Å². The molecule has 0 amide bonds. The molecule has 94 valence electrons. The number of halogens is 2. The summed E-state index contributed by atoms with van der Waals surface area (Å²) < 4.78 is 18.5. The van der Waals surface area contributed by atoms with Gasteiger partial charge in [0.2, 0.25) is 0 Å². The molecule has 2 rings (SSSR count). The lowest BCUT2D eigenvalue weighted by Crippen LogP contribution is -2.03. The van der Waals surface area contributed by atoms with Crippen LogP contribution in [0, 0.1) is 5.82 Å². The minimum Gasteiger partial charge on any atom is -0.497 e. The highest BCUT2D eigenvalue weighted by atomic mass is 35.5. The van der Waals surface area contributed by atoms with Crippen LogP contribution in [-0.2, 0) is 6.54 Å². The molecule has 1 aromatic heterocycles. The smallest absolute Gasteiger partial charge is 0.166 e. The molecule has 1 heterocycles. The van der Waals surface area contributed by atoms with Gasteiger partial charge in [-0.3, -0.25) is 0 Å². The molecule has 0 spiro atoms. The van der Waals surface area contributed by atoms with Crippen molar-refractivity contribution in [3.05, 3.63) is 52.9 Å². The molecule has 0 fully saturated rings. The van der Waals surface area contributed by atoms with Gasteiger partial charge in [-0.15, -0.1) is 0 Å². The summed E-state index contributed by atoms with van der Waals surface area (Å²) in [5.41, 5.74) is 1.01. The van der Waals surface area contributed by atoms with Crippen LogP contribution in [0.5, 0.6) is 5.75 Å². The molecule has 0 bridgehead atoms. The Morgan fingerprint density at radius 1 is 1.33 bits per heavy atom. The van der Waals surface area contributed by atoms with Gasteiger partial charge in [0.25, 0.3) is 0 Å². The third-order valence-corrected chi connectivity index (χ3v) is 2.63. The van der Waals surface area contributed by atoms with Gasteiger partial charge < -0.3 is 10.1 Å². The molecule has 0 unspecified atom stereocenters. The van der Waals surface area contributed by atoms with Crippen molar-refractivity contribution in [3.63, 3.8) is 0 Å². The second-order valence-corrected chi connectivity index (χ2v) is 4.12. The Labute approximate surface area is 110 Å². The zero-order valence-electron chi connectivity index (χ0n) is 9.78. The van der Waals surface area contributed by atoms with Crippen LogP contribution in [0.4, 0.5) is 10.2 Å². The molecular formula is C13H12ClFN2O. The highest BCUT2D eigenvalue weighted by molar-refractivity contribution is 6.30. The van der Waals surface area contributed by atoms with Gasteiger partial charge in [-0.05, 0) is 23.8 Å².